The van der Waals surface area contributed by atoms with Gasteiger partial charge in [-0.15, -0.1) is 10.2 Å². The highest BCUT2D eigenvalue weighted by molar-refractivity contribution is 4.86. The number of rotatable bonds is 6. The van der Waals surface area contributed by atoms with E-state index in [2.05, 4.69) is 33.9 Å². The van der Waals surface area contributed by atoms with Crippen molar-refractivity contribution < 1.29 is 0 Å². The molecule has 1 aliphatic rings. The van der Waals surface area contributed by atoms with Crippen molar-refractivity contribution in [3.05, 3.63) is 12.2 Å². The third-order valence-corrected chi connectivity index (χ3v) is 2.67. The van der Waals surface area contributed by atoms with Gasteiger partial charge in [-0.1, -0.05) is 13.8 Å². The first-order chi connectivity index (χ1) is 7.25. The highest BCUT2D eigenvalue weighted by atomic mass is 15.3. The Labute approximate surface area is 91.1 Å². The molecule has 1 N–H and O–H groups in total. The fraction of sp³-hybridized carbons (Fsp3) is 0.818. The standard InChI is InChI=1S/C11H20N4/c1-9(2)7-15-8-13-14-11(15)6-12-5-10-3-4-10/h8-10,12H,3-7H2,1-2H3. The molecule has 0 radical (unpaired) electrons. The second-order valence-corrected chi connectivity index (χ2v) is 4.87. The number of hydrogen-bond donors (Lipinski definition) is 1. The van der Waals surface area contributed by atoms with Gasteiger partial charge < -0.3 is 9.88 Å². The molecule has 0 unspecified atom stereocenters. The van der Waals surface area contributed by atoms with Crippen molar-refractivity contribution in [1.82, 2.24) is 20.1 Å². The largest absolute Gasteiger partial charge is 0.316 e. The van der Waals surface area contributed by atoms with Gasteiger partial charge in [-0.3, -0.25) is 0 Å². The molecule has 0 spiro atoms. The molecule has 1 heterocycles. The maximum absolute atomic E-state index is 4.14. The van der Waals surface area contributed by atoms with E-state index in [0.29, 0.717) is 5.92 Å². The van der Waals surface area contributed by atoms with E-state index in [0.717, 1.165) is 31.4 Å². The highest BCUT2D eigenvalue weighted by Crippen LogP contribution is 2.27. The summed E-state index contributed by atoms with van der Waals surface area (Å²) in [5.74, 6) is 2.62. The molecule has 84 valence electrons. The predicted molar refractivity (Wildman–Crippen MR) is 59.3 cm³/mol. The predicted octanol–water partition coefficient (Wildman–Crippen LogP) is 1.43. The number of aromatic nitrogens is 3. The van der Waals surface area contributed by atoms with Gasteiger partial charge in [0.2, 0.25) is 0 Å². The molecule has 1 aliphatic carbocycles. The zero-order chi connectivity index (χ0) is 10.7. The molecule has 1 aromatic heterocycles. The Morgan fingerprint density at radius 2 is 2.33 bits per heavy atom. The van der Waals surface area contributed by atoms with Crippen molar-refractivity contribution >= 4 is 0 Å². The number of nitrogens with zero attached hydrogens (tertiary/aromatic N) is 3. The van der Waals surface area contributed by atoms with Crippen LogP contribution >= 0.6 is 0 Å². The quantitative estimate of drug-likeness (QED) is 0.769. The minimum atomic E-state index is 0.642. The third-order valence-electron chi connectivity index (χ3n) is 2.67. The molecule has 0 bridgehead atoms. The van der Waals surface area contributed by atoms with Crippen LogP contribution in [-0.2, 0) is 13.1 Å². The topological polar surface area (TPSA) is 42.7 Å². The normalized spacial score (nSPS) is 16.2. The van der Waals surface area contributed by atoms with E-state index in [1.807, 2.05) is 6.33 Å². The molecule has 4 heteroatoms. The van der Waals surface area contributed by atoms with Crippen LogP contribution in [0.5, 0.6) is 0 Å². The SMILES string of the molecule is CC(C)Cn1cnnc1CNCC1CC1. The molecule has 0 aliphatic heterocycles. The second-order valence-electron chi connectivity index (χ2n) is 4.87. The van der Waals surface area contributed by atoms with Crippen molar-refractivity contribution in [2.24, 2.45) is 11.8 Å². The highest BCUT2D eigenvalue weighted by Gasteiger charge is 2.20. The van der Waals surface area contributed by atoms with Gasteiger partial charge in [0.15, 0.2) is 0 Å². The summed E-state index contributed by atoms with van der Waals surface area (Å²) in [4.78, 5) is 0. The van der Waals surface area contributed by atoms with Gasteiger partial charge in [-0.2, -0.15) is 0 Å². The first-order valence-electron chi connectivity index (χ1n) is 5.83. The number of hydrogen-bond acceptors (Lipinski definition) is 3. The van der Waals surface area contributed by atoms with Gasteiger partial charge in [0.05, 0.1) is 6.54 Å². The van der Waals surface area contributed by atoms with E-state index in [1.54, 1.807) is 0 Å². The van der Waals surface area contributed by atoms with Crippen LogP contribution in [0, 0.1) is 11.8 Å². The van der Waals surface area contributed by atoms with Crippen molar-refractivity contribution in [3.63, 3.8) is 0 Å². The van der Waals surface area contributed by atoms with Gasteiger partial charge in [0, 0.05) is 6.54 Å². The van der Waals surface area contributed by atoms with Crippen LogP contribution < -0.4 is 5.32 Å². The maximum atomic E-state index is 4.14. The average Bonchev–Trinajstić information content (AvgIpc) is 2.89. The first-order valence-corrected chi connectivity index (χ1v) is 5.83. The Bertz CT molecular complexity index is 301. The summed E-state index contributed by atoms with van der Waals surface area (Å²) in [7, 11) is 0. The molecule has 4 nitrogen and oxygen atoms in total. The molecular weight excluding hydrogens is 188 g/mol. The summed E-state index contributed by atoms with van der Waals surface area (Å²) >= 11 is 0. The van der Waals surface area contributed by atoms with Gasteiger partial charge in [0.1, 0.15) is 12.2 Å². The van der Waals surface area contributed by atoms with E-state index >= 15 is 0 Å². The zero-order valence-electron chi connectivity index (χ0n) is 9.61. The summed E-state index contributed by atoms with van der Waals surface area (Å²) in [6.07, 6.45) is 4.62. The van der Waals surface area contributed by atoms with E-state index in [-0.39, 0.29) is 0 Å². The Kier molecular flexibility index (Phi) is 3.36. The van der Waals surface area contributed by atoms with Crippen LogP contribution in [0.15, 0.2) is 6.33 Å². The molecule has 2 rings (SSSR count). The van der Waals surface area contributed by atoms with Crippen molar-refractivity contribution in [3.8, 4) is 0 Å². The van der Waals surface area contributed by atoms with Gasteiger partial charge in [-0.25, -0.2) is 0 Å². The Morgan fingerprint density at radius 3 is 3.00 bits per heavy atom. The molecular formula is C11H20N4. The first kappa shape index (κ1) is 10.6. The molecule has 0 atom stereocenters. The summed E-state index contributed by atoms with van der Waals surface area (Å²) in [5, 5.41) is 11.5. The Morgan fingerprint density at radius 1 is 1.53 bits per heavy atom. The van der Waals surface area contributed by atoms with Crippen LogP contribution in [0.4, 0.5) is 0 Å². The summed E-state index contributed by atoms with van der Waals surface area (Å²) in [5.41, 5.74) is 0. The third kappa shape index (κ3) is 3.30. The Balaban J connectivity index is 1.80. The van der Waals surface area contributed by atoms with E-state index in [9.17, 15) is 0 Å². The number of nitrogens with one attached hydrogen (secondary N) is 1. The summed E-state index contributed by atoms with van der Waals surface area (Å²) < 4.78 is 2.14. The monoisotopic (exact) mass is 208 g/mol. The average molecular weight is 208 g/mol. The van der Waals surface area contributed by atoms with Gasteiger partial charge in [0.25, 0.3) is 0 Å². The molecule has 1 aromatic rings. The fourth-order valence-corrected chi connectivity index (χ4v) is 1.67. The van der Waals surface area contributed by atoms with Crippen LogP contribution in [0.2, 0.25) is 0 Å². The smallest absolute Gasteiger partial charge is 0.146 e. The fourth-order valence-electron chi connectivity index (χ4n) is 1.67. The van der Waals surface area contributed by atoms with Crippen molar-refractivity contribution in [1.29, 1.82) is 0 Å². The molecule has 0 saturated heterocycles. The lowest BCUT2D eigenvalue weighted by Crippen LogP contribution is -2.20. The molecule has 1 saturated carbocycles. The molecule has 15 heavy (non-hydrogen) atoms. The minimum absolute atomic E-state index is 0.642. The maximum Gasteiger partial charge on any atom is 0.146 e. The lowest BCUT2D eigenvalue weighted by molar-refractivity contribution is 0.493. The van der Waals surface area contributed by atoms with Crippen LogP contribution in [0.3, 0.4) is 0 Å². The molecule has 0 aromatic carbocycles. The summed E-state index contributed by atoms with van der Waals surface area (Å²) in [6, 6.07) is 0. The van der Waals surface area contributed by atoms with E-state index < -0.39 is 0 Å². The van der Waals surface area contributed by atoms with Crippen LogP contribution in [0.1, 0.15) is 32.5 Å². The van der Waals surface area contributed by atoms with Crippen LogP contribution in [-0.4, -0.2) is 21.3 Å². The molecule has 0 amide bonds. The minimum Gasteiger partial charge on any atom is -0.316 e. The second kappa shape index (κ2) is 4.75. The van der Waals surface area contributed by atoms with Crippen molar-refractivity contribution in [2.45, 2.75) is 39.8 Å². The van der Waals surface area contributed by atoms with E-state index in [4.69, 9.17) is 0 Å². The van der Waals surface area contributed by atoms with E-state index in [1.165, 1.54) is 12.8 Å². The van der Waals surface area contributed by atoms with Gasteiger partial charge >= 0.3 is 0 Å². The lowest BCUT2D eigenvalue weighted by atomic mass is 10.2. The molecule has 1 fully saturated rings. The van der Waals surface area contributed by atoms with Crippen LogP contribution in [0.25, 0.3) is 0 Å². The lowest BCUT2D eigenvalue weighted by Gasteiger charge is -2.09. The van der Waals surface area contributed by atoms with Gasteiger partial charge in [-0.05, 0) is 31.2 Å². The Hall–Kier alpha value is -0.900. The zero-order valence-corrected chi connectivity index (χ0v) is 9.61. The van der Waals surface area contributed by atoms with Crippen molar-refractivity contribution in [2.75, 3.05) is 6.54 Å². The summed E-state index contributed by atoms with van der Waals surface area (Å²) in [6.45, 7) is 7.41.